The van der Waals surface area contributed by atoms with E-state index in [-0.39, 0.29) is 6.47 Å². The maximum Gasteiger partial charge on any atom is 0.312 e. The van der Waals surface area contributed by atoms with Gasteiger partial charge in [-0.3, -0.25) is 4.79 Å². The lowest BCUT2D eigenvalue weighted by Crippen LogP contribution is -1.71. The van der Waals surface area contributed by atoms with Gasteiger partial charge in [-0.15, -0.1) is 0 Å². The first-order chi connectivity index (χ1) is 5.70. The summed E-state index contributed by atoms with van der Waals surface area (Å²) in [5.74, 6) is 0. The molecule has 0 heterocycles. The summed E-state index contributed by atoms with van der Waals surface area (Å²) in [5, 5.41) is 0. The van der Waals surface area contributed by atoms with Crippen LogP contribution in [0.1, 0.15) is 11.1 Å². The van der Waals surface area contributed by atoms with E-state index in [2.05, 4.69) is 54.3 Å². The Balaban J connectivity index is 0.000000261. The van der Waals surface area contributed by atoms with Gasteiger partial charge < -0.3 is 4.29 Å². The third-order valence-electron chi connectivity index (χ3n) is 1.21. The van der Waals surface area contributed by atoms with Crippen LogP contribution in [0.4, 0.5) is 0 Å². The van der Waals surface area contributed by atoms with E-state index in [1.807, 2.05) is 0 Å². The highest BCUT2D eigenvalue weighted by molar-refractivity contribution is 6.10. The number of rotatable bonds is 1. The van der Waals surface area contributed by atoms with Gasteiger partial charge in [-0.05, 0) is 13.8 Å². The molecule has 0 radical (unpaired) electrons. The smallest absolute Gasteiger partial charge is 0.312 e. The molecule has 1 aromatic carbocycles. The standard InChI is InChI=1S/C8H10.CHClO2/c1-7-4-3-5-8(2)6-7;2-4-1-3/h3-6H,1-2H3;1H. The van der Waals surface area contributed by atoms with Crippen molar-refractivity contribution < 1.29 is 9.08 Å². The number of carbonyl (C=O) groups is 1. The van der Waals surface area contributed by atoms with Crippen molar-refractivity contribution in [2.45, 2.75) is 13.8 Å². The van der Waals surface area contributed by atoms with Gasteiger partial charge in [0.15, 0.2) is 0 Å². The van der Waals surface area contributed by atoms with Crippen molar-refractivity contribution in [1.29, 1.82) is 0 Å². The van der Waals surface area contributed by atoms with E-state index in [1.165, 1.54) is 11.1 Å². The largest absolute Gasteiger partial charge is 0.350 e. The van der Waals surface area contributed by atoms with E-state index in [4.69, 9.17) is 4.79 Å². The van der Waals surface area contributed by atoms with Crippen molar-refractivity contribution in [1.82, 2.24) is 0 Å². The Labute approximate surface area is 77.3 Å². The molecule has 0 amide bonds. The molecule has 0 atom stereocenters. The number of carbonyl (C=O) groups excluding carboxylic acids is 1. The van der Waals surface area contributed by atoms with Crippen LogP contribution in [-0.2, 0) is 9.08 Å². The minimum Gasteiger partial charge on any atom is -0.350 e. The Morgan fingerprint density at radius 1 is 1.33 bits per heavy atom. The van der Waals surface area contributed by atoms with Gasteiger partial charge >= 0.3 is 6.47 Å². The first-order valence-corrected chi connectivity index (χ1v) is 3.76. The van der Waals surface area contributed by atoms with E-state index in [1.54, 1.807) is 0 Å². The molecule has 0 N–H and O–H groups in total. The van der Waals surface area contributed by atoms with E-state index in [0.29, 0.717) is 0 Å². The molecule has 0 aliphatic rings. The van der Waals surface area contributed by atoms with Crippen molar-refractivity contribution in [3.63, 3.8) is 0 Å². The summed E-state index contributed by atoms with van der Waals surface area (Å²) in [6.07, 6.45) is 0. The lowest BCUT2D eigenvalue weighted by molar-refractivity contribution is -0.120. The number of hydrogen-bond donors (Lipinski definition) is 0. The van der Waals surface area contributed by atoms with Crippen LogP contribution in [0.25, 0.3) is 0 Å². The molecule has 1 rings (SSSR count). The molecule has 2 nitrogen and oxygen atoms in total. The average molecular weight is 187 g/mol. The minimum atomic E-state index is 0.140. The highest BCUT2D eigenvalue weighted by Gasteiger charge is 1.80. The second-order valence-electron chi connectivity index (χ2n) is 2.34. The van der Waals surface area contributed by atoms with Gasteiger partial charge in [-0.1, -0.05) is 35.4 Å². The predicted molar refractivity (Wildman–Crippen MR) is 48.9 cm³/mol. The zero-order chi connectivity index (χ0) is 9.40. The fraction of sp³-hybridized carbons (Fsp3) is 0.222. The lowest BCUT2D eigenvalue weighted by atomic mass is 10.2. The van der Waals surface area contributed by atoms with Crippen molar-refractivity contribution in [3.05, 3.63) is 35.4 Å². The second kappa shape index (κ2) is 6.68. The molecule has 1 aromatic rings. The van der Waals surface area contributed by atoms with E-state index >= 15 is 0 Å². The third-order valence-corrected chi connectivity index (χ3v) is 1.28. The maximum absolute atomic E-state index is 8.82. The molecule has 0 saturated heterocycles. The third kappa shape index (κ3) is 5.74. The summed E-state index contributed by atoms with van der Waals surface area (Å²) in [7, 11) is 0. The van der Waals surface area contributed by atoms with Gasteiger partial charge in [0.2, 0.25) is 0 Å². The summed E-state index contributed by atoms with van der Waals surface area (Å²) in [5.41, 5.74) is 2.68. The molecule has 12 heavy (non-hydrogen) atoms. The molecule has 0 aromatic heterocycles. The number of benzene rings is 1. The van der Waals surface area contributed by atoms with Crippen LogP contribution in [0, 0.1) is 13.8 Å². The van der Waals surface area contributed by atoms with Crippen LogP contribution >= 0.6 is 11.9 Å². The minimum absolute atomic E-state index is 0.140. The molecule has 66 valence electrons. The molecule has 0 fully saturated rings. The highest BCUT2D eigenvalue weighted by Crippen LogP contribution is 2.00. The predicted octanol–water partition coefficient (Wildman–Crippen LogP) is 2.62. The van der Waals surface area contributed by atoms with Gasteiger partial charge in [0.25, 0.3) is 0 Å². The van der Waals surface area contributed by atoms with Crippen molar-refractivity contribution in [3.8, 4) is 0 Å². The molecular weight excluding hydrogens is 176 g/mol. The highest BCUT2D eigenvalue weighted by atomic mass is 35.5. The molecule has 0 unspecified atom stereocenters. The molecule has 0 spiro atoms. The number of hydrogen-bond acceptors (Lipinski definition) is 2. The van der Waals surface area contributed by atoms with Crippen LogP contribution in [0.3, 0.4) is 0 Å². The average Bonchev–Trinajstić information content (AvgIpc) is 2.04. The van der Waals surface area contributed by atoms with Crippen molar-refractivity contribution in [2.75, 3.05) is 0 Å². The SMILES string of the molecule is Cc1cccc(C)c1.O=COCl. The Bertz CT molecular complexity index is 218. The van der Waals surface area contributed by atoms with Crippen molar-refractivity contribution >= 4 is 18.3 Å². The Kier molecular flexibility index (Phi) is 6.11. The van der Waals surface area contributed by atoms with Gasteiger partial charge in [0, 0.05) is 0 Å². The van der Waals surface area contributed by atoms with Crippen LogP contribution in [0.15, 0.2) is 24.3 Å². The Morgan fingerprint density at radius 2 is 1.75 bits per heavy atom. The summed E-state index contributed by atoms with van der Waals surface area (Å²) < 4.78 is 3.33. The monoisotopic (exact) mass is 186 g/mol. The van der Waals surface area contributed by atoms with Crippen LogP contribution in [0.5, 0.6) is 0 Å². The van der Waals surface area contributed by atoms with Gasteiger partial charge in [-0.2, -0.15) is 0 Å². The molecule has 0 saturated carbocycles. The van der Waals surface area contributed by atoms with Crippen molar-refractivity contribution in [2.24, 2.45) is 0 Å². The van der Waals surface area contributed by atoms with Crippen LogP contribution in [0.2, 0.25) is 0 Å². The summed E-state index contributed by atoms with van der Waals surface area (Å²) in [6, 6.07) is 8.45. The van der Waals surface area contributed by atoms with Crippen LogP contribution < -0.4 is 0 Å². The summed E-state index contributed by atoms with van der Waals surface area (Å²) in [4.78, 5) is 8.82. The van der Waals surface area contributed by atoms with Crippen LogP contribution in [-0.4, -0.2) is 6.47 Å². The topological polar surface area (TPSA) is 26.3 Å². The summed E-state index contributed by atoms with van der Waals surface area (Å²) >= 11 is 4.32. The quantitative estimate of drug-likeness (QED) is 0.631. The lowest BCUT2D eigenvalue weighted by Gasteiger charge is -1.90. The fourth-order valence-corrected chi connectivity index (χ4v) is 0.807. The zero-order valence-electron chi connectivity index (χ0n) is 7.08. The van der Waals surface area contributed by atoms with E-state index in [9.17, 15) is 0 Å². The summed E-state index contributed by atoms with van der Waals surface area (Å²) in [6.45, 7) is 4.35. The zero-order valence-corrected chi connectivity index (χ0v) is 7.84. The first-order valence-electron chi connectivity index (χ1n) is 3.45. The molecule has 0 bridgehead atoms. The van der Waals surface area contributed by atoms with Gasteiger partial charge in [0.1, 0.15) is 11.9 Å². The Hall–Kier alpha value is -1.02. The maximum atomic E-state index is 8.82. The van der Waals surface area contributed by atoms with E-state index in [0.717, 1.165) is 0 Å². The fourth-order valence-electron chi connectivity index (χ4n) is 0.807. The molecular formula is C9H11ClO2. The van der Waals surface area contributed by atoms with Gasteiger partial charge in [-0.25, -0.2) is 0 Å². The number of halogens is 1. The first kappa shape index (κ1) is 11.0. The van der Waals surface area contributed by atoms with E-state index < -0.39 is 0 Å². The second-order valence-corrected chi connectivity index (χ2v) is 2.52. The molecule has 0 aliphatic carbocycles. The molecule has 3 heteroatoms. The van der Waals surface area contributed by atoms with Gasteiger partial charge in [0.05, 0.1) is 0 Å². The number of aryl methyl sites for hydroxylation is 2. The Morgan fingerprint density at radius 3 is 1.92 bits per heavy atom. The normalized spacial score (nSPS) is 7.92. The molecule has 0 aliphatic heterocycles.